The number of aryl methyl sites for hydroxylation is 1. The van der Waals surface area contributed by atoms with Crippen LogP contribution in [0.3, 0.4) is 0 Å². The first-order valence-corrected chi connectivity index (χ1v) is 10.4. The molecule has 1 saturated heterocycles. The summed E-state index contributed by atoms with van der Waals surface area (Å²) in [4.78, 5) is 40.5. The van der Waals surface area contributed by atoms with Gasteiger partial charge in [-0.2, -0.15) is 0 Å². The molecule has 0 saturated carbocycles. The van der Waals surface area contributed by atoms with Gasteiger partial charge in [-0.3, -0.25) is 14.2 Å². The third-order valence-electron chi connectivity index (χ3n) is 5.60. The summed E-state index contributed by atoms with van der Waals surface area (Å²) in [7, 11) is 0. The van der Waals surface area contributed by atoms with Crippen LogP contribution in [0.2, 0.25) is 0 Å². The number of piperazine rings is 1. The molecule has 0 bridgehead atoms. The van der Waals surface area contributed by atoms with Gasteiger partial charge in [0.15, 0.2) is 5.58 Å². The maximum atomic E-state index is 13.0. The zero-order valence-corrected chi connectivity index (χ0v) is 17.1. The number of aromatic nitrogens is 1. The Hall–Kier alpha value is -3.42. The van der Waals surface area contributed by atoms with Crippen molar-refractivity contribution in [3.63, 3.8) is 0 Å². The van der Waals surface area contributed by atoms with Crippen LogP contribution in [0.1, 0.15) is 18.4 Å². The lowest BCUT2D eigenvalue weighted by Crippen LogP contribution is -2.51. The van der Waals surface area contributed by atoms with Crippen molar-refractivity contribution in [1.29, 1.82) is 0 Å². The first-order valence-electron chi connectivity index (χ1n) is 10.4. The minimum Gasteiger partial charge on any atom is -0.408 e. The smallest absolute Gasteiger partial charge is 0.408 e. The summed E-state index contributed by atoms with van der Waals surface area (Å²) in [5, 5.41) is 0. The van der Waals surface area contributed by atoms with Gasteiger partial charge in [-0.15, -0.1) is 0 Å². The van der Waals surface area contributed by atoms with E-state index in [0.717, 1.165) is 11.1 Å². The van der Waals surface area contributed by atoms with Gasteiger partial charge in [0.2, 0.25) is 11.8 Å². The molecule has 0 atom stereocenters. The SMILES string of the molecule is O=C(CCCn1c(=O)oc2ccccc21)N1CCN(C(=O)Cc2ccc(F)cc2)CC1. The molecule has 0 unspecified atom stereocenters. The van der Waals surface area contributed by atoms with E-state index in [1.807, 2.05) is 18.2 Å². The van der Waals surface area contributed by atoms with Gasteiger partial charge in [-0.25, -0.2) is 9.18 Å². The summed E-state index contributed by atoms with van der Waals surface area (Å²) < 4.78 is 19.8. The van der Waals surface area contributed by atoms with Gasteiger partial charge in [0.05, 0.1) is 11.9 Å². The number of hydrogen-bond acceptors (Lipinski definition) is 4. The highest BCUT2D eigenvalue weighted by molar-refractivity contribution is 5.80. The van der Waals surface area contributed by atoms with Gasteiger partial charge in [-0.1, -0.05) is 24.3 Å². The van der Waals surface area contributed by atoms with Crippen LogP contribution in [-0.2, 0) is 22.6 Å². The zero-order valence-electron chi connectivity index (χ0n) is 17.1. The number of fused-ring (bicyclic) bond motifs is 1. The van der Waals surface area contributed by atoms with Gasteiger partial charge in [-0.05, 0) is 36.2 Å². The van der Waals surface area contributed by atoms with Crippen molar-refractivity contribution >= 4 is 22.9 Å². The fraction of sp³-hybridized carbons (Fsp3) is 0.348. The standard InChI is InChI=1S/C23H24FN3O4/c24-18-9-7-17(8-10-18)16-22(29)26-14-12-25(13-15-26)21(28)6-3-11-27-19-4-1-2-5-20(19)31-23(27)30/h1-2,4-5,7-10H,3,6,11-16H2. The number of oxazole rings is 1. The van der Waals surface area contributed by atoms with Crippen LogP contribution in [0.25, 0.3) is 11.1 Å². The molecule has 0 radical (unpaired) electrons. The Morgan fingerprint density at radius 1 is 0.903 bits per heavy atom. The molecule has 31 heavy (non-hydrogen) atoms. The Labute approximate surface area is 178 Å². The number of carbonyl (C=O) groups excluding carboxylic acids is 2. The van der Waals surface area contributed by atoms with Crippen LogP contribution in [0.15, 0.2) is 57.7 Å². The quantitative estimate of drug-likeness (QED) is 0.608. The average Bonchev–Trinajstić information content (AvgIpc) is 3.10. The van der Waals surface area contributed by atoms with E-state index in [0.29, 0.717) is 51.1 Å². The van der Waals surface area contributed by atoms with Crippen molar-refractivity contribution < 1.29 is 18.4 Å². The molecule has 0 N–H and O–H groups in total. The van der Waals surface area contributed by atoms with Crippen LogP contribution in [0.4, 0.5) is 4.39 Å². The molecule has 7 nitrogen and oxygen atoms in total. The molecule has 0 spiro atoms. The topological polar surface area (TPSA) is 75.8 Å². The molecule has 2 amide bonds. The molecule has 4 rings (SSSR count). The van der Waals surface area contributed by atoms with Gasteiger partial charge < -0.3 is 14.2 Å². The van der Waals surface area contributed by atoms with Crippen molar-refractivity contribution in [2.75, 3.05) is 26.2 Å². The Balaban J connectivity index is 1.23. The normalized spacial score (nSPS) is 14.2. The highest BCUT2D eigenvalue weighted by Gasteiger charge is 2.24. The number of para-hydroxylation sites is 2. The number of benzene rings is 2. The van der Waals surface area contributed by atoms with Crippen LogP contribution in [-0.4, -0.2) is 52.4 Å². The van der Waals surface area contributed by atoms with Crippen molar-refractivity contribution in [3.8, 4) is 0 Å². The molecule has 1 aliphatic rings. The Bertz CT molecular complexity index is 1130. The Morgan fingerprint density at radius 2 is 1.55 bits per heavy atom. The fourth-order valence-electron chi connectivity index (χ4n) is 3.87. The second-order valence-electron chi connectivity index (χ2n) is 7.66. The van der Waals surface area contributed by atoms with Gasteiger partial charge in [0, 0.05) is 39.1 Å². The summed E-state index contributed by atoms with van der Waals surface area (Å²) in [5.41, 5.74) is 2.04. The van der Waals surface area contributed by atoms with Gasteiger partial charge in [0.1, 0.15) is 5.82 Å². The Morgan fingerprint density at radius 3 is 2.26 bits per heavy atom. The lowest BCUT2D eigenvalue weighted by atomic mass is 10.1. The second-order valence-corrected chi connectivity index (χ2v) is 7.66. The van der Waals surface area contributed by atoms with Crippen molar-refractivity contribution in [1.82, 2.24) is 14.4 Å². The average molecular weight is 425 g/mol. The summed E-state index contributed by atoms with van der Waals surface area (Å²) in [6, 6.07) is 13.1. The molecule has 8 heteroatoms. The molecule has 0 aliphatic carbocycles. The van der Waals surface area contributed by atoms with Crippen molar-refractivity contribution in [3.05, 3.63) is 70.5 Å². The van der Waals surface area contributed by atoms with Crippen LogP contribution < -0.4 is 5.76 Å². The Kier molecular flexibility index (Phi) is 6.16. The predicted octanol–water partition coefficient (Wildman–Crippen LogP) is 2.43. The zero-order chi connectivity index (χ0) is 21.8. The molecule has 162 valence electrons. The second kappa shape index (κ2) is 9.16. The van der Waals surface area contributed by atoms with E-state index in [-0.39, 0.29) is 24.1 Å². The van der Waals surface area contributed by atoms with Crippen molar-refractivity contribution in [2.45, 2.75) is 25.8 Å². The molecule has 2 aromatic carbocycles. The maximum Gasteiger partial charge on any atom is 0.419 e. The third kappa shape index (κ3) is 4.84. The van der Waals surface area contributed by atoms with E-state index in [2.05, 4.69) is 0 Å². The van der Waals surface area contributed by atoms with Crippen LogP contribution in [0.5, 0.6) is 0 Å². The summed E-state index contributed by atoms with van der Waals surface area (Å²) in [6.45, 7) is 2.36. The monoisotopic (exact) mass is 425 g/mol. The molecule has 3 aromatic rings. The first-order chi connectivity index (χ1) is 15.0. The molecule has 2 heterocycles. The predicted molar refractivity (Wildman–Crippen MR) is 113 cm³/mol. The van der Waals surface area contributed by atoms with Crippen molar-refractivity contribution in [2.24, 2.45) is 0 Å². The molecule has 1 fully saturated rings. The van der Waals surface area contributed by atoms with E-state index < -0.39 is 5.76 Å². The largest absolute Gasteiger partial charge is 0.419 e. The van der Waals surface area contributed by atoms with E-state index in [9.17, 15) is 18.8 Å². The highest BCUT2D eigenvalue weighted by Crippen LogP contribution is 2.13. The van der Waals surface area contributed by atoms with Crippen LogP contribution in [0, 0.1) is 5.82 Å². The molecule has 1 aliphatic heterocycles. The van der Waals surface area contributed by atoms with E-state index in [1.54, 1.807) is 32.6 Å². The number of halogens is 1. The number of rotatable bonds is 6. The highest BCUT2D eigenvalue weighted by atomic mass is 19.1. The minimum atomic E-state index is -0.415. The van der Waals surface area contributed by atoms with Gasteiger partial charge >= 0.3 is 5.76 Å². The van der Waals surface area contributed by atoms with Crippen LogP contribution >= 0.6 is 0 Å². The first kappa shape index (κ1) is 20.8. The molecule has 1 aromatic heterocycles. The fourth-order valence-corrected chi connectivity index (χ4v) is 3.87. The summed E-state index contributed by atoms with van der Waals surface area (Å²) in [5.74, 6) is -0.743. The maximum absolute atomic E-state index is 13.0. The number of nitrogens with zero attached hydrogens (tertiary/aromatic N) is 3. The van der Waals surface area contributed by atoms with E-state index >= 15 is 0 Å². The minimum absolute atomic E-state index is 0.0199. The number of carbonyl (C=O) groups is 2. The lowest BCUT2D eigenvalue weighted by molar-refractivity contribution is -0.139. The number of amides is 2. The third-order valence-corrected chi connectivity index (χ3v) is 5.60. The lowest BCUT2D eigenvalue weighted by Gasteiger charge is -2.35. The molecular formula is C23H24FN3O4. The van der Waals surface area contributed by atoms with E-state index in [1.165, 1.54) is 12.1 Å². The number of hydrogen-bond donors (Lipinski definition) is 0. The van der Waals surface area contributed by atoms with E-state index in [4.69, 9.17) is 4.42 Å². The summed E-state index contributed by atoms with van der Waals surface area (Å²) >= 11 is 0. The molecular weight excluding hydrogens is 401 g/mol. The summed E-state index contributed by atoms with van der Waals surface area (Å²) in [6.07, 6.45) is 1.09. The van der Waals surface area contributed by atoms with Gasteiger partial charge in [0.25, 0.3) is 0 Å².